The Balaban J connectivity index is 3.92. The number of aliphatic hydroxyl groups is 1. The highest BCUT2D eigenvalue weighted by atomic mass is 16.5. The van der Waals surface area contributed by atoms with E-state index in [9.17, 15) is 0 Å². The Labute approximate surface area is 74.8 Å². The van der Waals surface area contributed by atoms with Crippen LogP contribution in [0.25, 0.3) is 0 Å². The highest BCUT2D eigenvalue weighted by Crippen LogP contribution is 2.06. The first kappa shape index (κ1) is 11.5. The predicted molar refractivity (Wildman–Crippen MR) is 50.1 cm³/mol. The maximum absolute atomic E-state index is 8.97. The Morgan fingerprint density at radius 1 is 1.50 bits per heavy atom. The Kier molecular flexibility index (Phi) is 4.28. The van der Waals surface area contributed by atoms with Crippen molar-refractivity contribution >= 4 is 0 Å². The molecule has 0 spiro atoms. The largest absolute Gasteiger partial charge is 0.513 e. The van der Waals surface area contributed by atoms with Gasteiger partial charge in [-0.2, -0.15) is 0 Å². The van der Waals surface area contributed by atoms with E-state index in [-0.39, 0.29) is 11.9 Å². The van der Waals surface area contributed by atoms with Crippen molar-refractivity contribution < 1.29 is 14.3 Å². The van der Waals surface area contributed by atoms with Crippen molar-refractivity contribution in [3.8, 4) is 0 Å². The van der Waals surface area contributed by atoms with Gasteiger partial charge in [0.05, 0.1) is 26.9 Å². The molecular formula is C9H20NO2+. The fraction of sp³-hybridized carbons (Fsp3) is 0.778. The summed E-state index contributed by atoms with van der Waals surface area (Å²) in [6, 6.07) is 0. The molecule has 0 amide bonds. The predicted octanol–water partition coefficient (Wildman–Crippen LogP) is 1.17. The van der Waals surface area contributed by atoms with Gasteiger partial charge in [0.1, 0.15) is 12.6 Å². The molecule has 0 fully saturated rings. The summed E-state index contributed by atoms with van der Waals surface area (Å²) in [6.07, 6.45) is 0.578. The van der Waals surface area contributed by atoms with E-state index in [1.807, 2.05) is 0 Å². The molecule has 12 heavy (non-hydrogen) atoms. The van der Waals surface area contributed by atoms with E-state index in [0.29, 0.717) is 6.42 Å². The van der Waals surface area contributed by atoms with Crippen LogP contribution in [0.2, 0.25) is 0 Å². The number of methoxy groups -OCH3 is 1. The lowest BCUT2D eigenvalue weighted by atomic mass is 10.2. The second-order valence-corrected chi connectivity index (χ2v) is 4.10. The van der Waals surface area contributed by atoms with Crippen LogP contribution in [-0.2, 0) is 4.74 Å². The van der Waals surface area contributed by atoms with Gasteiger partial charge in [-0.1, -0.05) is 6.58 Å². The zero-order chi connectivity index (χ0) is 9.78. The number of aliphatic hydroxyl groups excluding tert-OH is 1. The van der Waals surface area contributed by atoms with E-state index < -0.39 is 0 Å². The molecule has 0 bridgehead atoms. The maximum atomic E-state index is 8.97. The standard InChI is InChI=1S/C9H19NO2/c1-8(11)6-9(12-5)7-10(2,3)4/h9H,1,6-7H2,2-5H3/p+1. The summed E-state index contributed by atoms with van der Waals surface area (Å²) in [5.74, 6) is 0.190. The summed E-state index contributed by atoms with van der Waals surface area (Å²) in [6.45, 7) is 4.31. The Morgan fingerprint density at radius 2 is 2.00 bits per heavy atom. The van der Waals surface area contributed by atoms with Gasteiger partial charge < -0.3 is 14.3 Å². The molecule has 1 atom stereocenters. The van der Waals surface area contributed by atoms with Crippen molar-refractivity contribution in [1.29, 1.82) is 0 Å². The normalized spacial score (nSPS) is 14.3. The summed E-state index contributed by atoms with van der Waals surface area (Å²) in [5, 5.41) is 8.97. The molecule has 1 unspecified atom stereocenters. The minimum Gasteiger partial charge on any atom is -0.513 e. The molecule has 0 aromatic rings. The lowest BCUT2D eigenvalue weighted by Gasteiger charge is -2.28. The van der Waals surface area contributed by atoms with Crippen molar-refractivity contribution in [1.82, 2.24) is 0 Å². The number of likely N-dealkylation sites (N-methyl/N-ethyl adjacent to an activating group) is 1. The zero-order valence-electron chi connectivity index (χ0n) is 8.50. The van der Waals surface area contributed by atoms with Crippen LogP contribution in [0.5, 0.6) is 0 Å². The van der Waals surface area contributed by atoms with Crippen LogP contribution in [0.3, 0.4) is 0 Å². The number of ether oxygens (including phenoxy) is 1. The van der Waals surface area contributed by atoms with Crippen LogP contribution >= 0.6 is 0 Å². The number of rotatable bonds is 5. The van der Waals surface area contributed by atoms with Crippen LogP contribution in [0.1, 0.15) is 6.42 Å². The highest BCUT2D eigenvalue weighted by Gasteiger charge is 2.17. The van der Waals surface area contributed by atoms with Gasteiger partial charge >= 0.3 is 0 Å². The van der Waals surface area contributed by atoms with E-state index in [1.54, 1.807) is 7.11 Å². The molecule has 1 N–H and O–H groups in total. The van der Waals surface area contributed by atoms with Crippen molar-refractivity contribution in [2.45, 2.75) is 12.5 Å². The van der Waals surface area contributed by atoms with E-state index in [4.69, 9.17) is 9.84 Å². The summed E-state index contributed by atoms with van der Waals surface area (Å²) in [7, 11) is 7.92. The average molecular weight is 174 g/mol. The molecule has 0 radical (unpaired) electrons. The molecule has 0 aromatic carbocycles. The minimum atomic E-state index is 0.0579. The first-order chi connectivity index (χ1) is 5.35. The topological polar surface area (TPSA) is 29.5 Å². The smallest absolute Gasteiger partial charge is 0.113 e. The average Bonchev–Trinajstić information content (AvgIpc) is 1.82. The molecular weight excluding hydrogens is 154 g/mol. The molecule has 72 valence electrons. The van der Waals surface area contributed by atoms with Gasteiger partial charge in [0.25, 0.3) is 0 Å². The van der Waals surface area contributed by atoms with Gasteiger partial charge in [0, 0.05) is 13.5 Å². The summed E-state index contributed by atoms with van der Waals surface area (Å²) >= 11 is 0. The van der Waals surface area contributed by atoms with Crippen LogP contribution < -0.4 is 0 Å². The monoisotopic (exact) mass is 174 g/mol. The Bertz CT molecular complexity index is 149. The van der Waals surface area contributed by atoms with Crippen molar-refractivity contribution in [3.05, 3.63) is 12.3 Å². The number of nitrogens with zero attached hydrogens (tertiary/aromatic N) is 1. The van der Waals surface area contributed by atoms with E-state index in [0.717, 1.165) is 11.0 Å². The summed E-state index contributed by atoms with van der Waals surface area (Å²) in [5.41, 5.74) is 0. The van der Waals surface area contributed by atoms with Gasteiger partial charge in [0.2, 0.25) is 0 Å². The molecule has 3 nitrogen and oxygen atoms in total. The van der Waals surface area contributed by atoms with Crippen LogP contribution in [0.4, 0.5) is 0 Å². The Morgan fingerprint density at radius 3 is 2.25 bits per heavy atom. The van der Waals surface area contributed by atoms with Gasteiger partial charge in [0.15, 0.2) is 0 Å². The molecule has 0 aromatic heterocycles. The zero-order valence-corrected chi connectivity index (χ0v) is 8.50. The quantitative estimate of drug-likeness (QED) is 0.501. The van der Waals surface area contributed by atoms with Gasteiger partial charge in [-0.3, -0.25) is 0 Å². The second-order valence-electron chi connectivity index (χ2n) is 4.10. The van der Waals surface area contributed by atoms with Crippen molar-refractivity contribution in [3.63, 3.8) is 0 Å². The molecule has 0 saturated heterocycles. The molecule has 0 heterocycles. The third-order valence-electron chi connectivity index (χ3n) is 1.55. The lowest BCUT2D eigenvalue weighted by molar-refractivity contribution is -0.873. The van der Waals surface area contributed by atoms with Crippen LogP contribution in [0.15, 0.2) is 12.3 Å². The van der Waals surface area contributed by atoms with Gasteiger partial charge in [-0.05, 0) is 0 Å². The van der Waals surface area contributed by atoms with E-state index in [2.05, 4.69) is 27.7 Å². The number of hydrogen-bond donors (Lipinski definition) is 1. The summed E-state index contributed by atoms with van der Waals surface area (Å²) < 4.78 is 6.03. The van der Waals surface area contributed by atoms with Crippen LogP contribution in [0, 0.1) is 0 Å². The maximum Gasteiger partial charge on any atom is 0.113 e. The molecule has 0 aliphatic heterocycles. The first-order valence-electron chi connectivity index (χ1n) is 4.05. The molecule has 0 aliphatic carbocycles. The van der Waals surface area contributed by atoms with Gasteiger partial charge in [-0.25, -0.2) is 0 Å². The Hall–Kier alpha value is -0.540. The molecule has 3 heteroatoms. The molecule has 0 rings (SSSR count). The molecule has 0 saturated carbocycles. The second kappa shape index (κ2) is 4.48. The third-order valence-corrected chi connectivity index (χ3v) is 1.55. The fourth-order valence-electron chi connectivity index (χ4n) is 1.10. The highest BCUT2D eigenvalue weighted by molar-refractivity contribution is 4.82. The first-order valence-corrected chi connectivity index (χ1v) is 4.05. The van der Waals surface area contributed by atoms with E-state index >= 15 is 0 Å². The number of hydrogen-bond acceptors (Lipinski definition) is 2. The SMILES string of the molecule is C=C(O)CC(C[N+](C)(C)C)OC. The van der Waals surface area contributed by atoms with E-state index in [1.165, 1.54) is 0 Å². The fourth-order valence-corrected chi connectivity index (χ4v) is 1.10. The van der Waals surface area contributed by atoms with Gasteiger partial charge in [-0.15, -0.1) is 0 Å². The van der Waals surface area contributed by atoms with Crippen molar-refractivity contribution in [2.24, 2.45) is 0 Å². The van der Waals surface area contributed by atoms with Crippen LogP contribution in [-0.4, -0.2) is 50.5 Å². The lowest BCUT2D eigenvalue weighted by Crippen LogP contribution is -2.42. The summed E-state index contributed by atoms with van der Waals surface area (Å²) in [4.78, 5) is 0. The molecule has 0 aliphatic rings. The minimum absolute atomic E-state index is 0.0579. The number of quaternary nitrogens is 1. The van der Waals surface area contributed by atoms with Crippen molar-refractivity contribution in [2.75, 3.05) is 34.8 Å². The third kappa shape index (κ3) is 6.19.